The lowest BCUT2D eigenvalue weighted by atomic mass is 10.0. The van der Waals surface area contributed by atoms with Gasteiger partial charge in [-0.25, -0.2) is 4.79 Å². The molecule has 0 radical (unpaired) electrons. The van der Waals surface area contributed by atoms with Crippen molar-refractivity contribution in [3.63, 3.8) is 0 Å². The summed E-state index contributed by atoms with van der Waals surface area (Å²) >= 11 is 0. The Bertz CT molecular complexity index is 1080. The molecule has 3 aromatic rings. The van der Waals surface area contributed by atoms with Crippen molar-refractivity contribution in [2.24, 2.45) is 0 Å². The van der Waals surface area contributed by atoms with Crippen molar-refractivity contribution in [2.45, 2.75) is 6.92 Å². The van der Waals surface area contributed by atoms with Crippen LogP contribution in [-0.4, -0.2) is 56.3 Å². The number of benzene rings is 2. The number of nitrogens with one attached hydrogen (secondary N) is 2. The van der Waals surface area contributed by atoms with Gasteiger partial charge in [0.05, 0.1) is 12.8 Å². The molecule has 2 aromatic carbocycles. The second kappa shape index (κ2) is 9.70. The Morgan fingerprint density at radius 1 is 0.938 bits per heavy atom. The zero-order valence-corrected chi connectivity index (χ0v) is 18.8. The van der Waals surface area contributed by atoms with Crippen LogP contribution in [0.5, 0.6) is 5.75 Å². The number of anilines is 3. The third-order valence-electron chi connectivity index (χ3n) is 5.76. The van der Waals surface area contributed by atoms with Crippen LogP contribution in [0.4, 0.5) is 21.9 Å². The third-order valence-corrected chi connectivity index (χ3v) is 5.76. The number of nitrogens with zero attached hydrogens (tertiary/aromatic N) is 3. The van der Waals surface area contributed by atoms with E-state index in [1.54, 1.807) is 19.5 Å². The number of pyridine rings is 1. The predicted octanol–water partition coefficient (Wildman–Crippen LogP) is 4.46. The number of rotatable bonds is 5. The molecule has 0 atom stereocenters. The standard InChI is InChI=1S/C25H29N5O2/c1-18-16-20(4-6-22(18)19-8-10-26-11-9-19)27-25(31)28-21-5-7-24(32-3)23(17-21)30-14-12-29(2)13-15-30/h4-11,16-17H,12-15H2,1-3H3,(H2,27,28,31). The highest BCUT2D eigenvalue weighted by Crippen LogP contribution is 2.32. The van der Waals surface area contributed by atoms with Crippen LogP contribution < -0.4 is 20.3 Å². The van der Waals surface area contributed by atoms with E-state index in [1.165, 1.54) is 0 Å². The number of hydrogen-bond acceptors (Lipinski definition) is 5. The summed E-state index contributed by atoms with van der Waals surface area (Å²) in [6, 6.07) is 15.3. The van der Waals surface area contributed by atoms with E-state index < -0.39 is 0 Å². The van der Waals surface area contributed by atoms with Gasteiger partial charge in [-0.05, 0) is 73.1 Å². The van der Waals surface area contributed by atoms with Crippen LogP contribution in [0, 0.1) is 6.92 Å². The summed E-state index contributed by atoms with van der Waals surface area (Å²) in [5.74, 6) is 0.808. The van der Waals surface area contributed by atoms with Crippen molar-refractivity contribution < 1.29 is 9.53 Å². The summed E-state index contributed by atoms with van der Waals surface area (Å²) in [6.45, 7) is 5.87. The average Bonchev–Trinajstić information content (AvgIpc) is 2.80. The first kappa shape index (κ1) is 21.6. The summed E-state index contributed by atoms with van der Waals surface area (Å²) in [5, 5.41) is 5.87. The predicted molar refractivity (Wildman–Crippen MR) is 130 cm³/mol. The molecule has 2 heterocycles. The first-order chi connectivity index (χ1) is 15.5. The minimum atomic E-state index is -0.282. The lowest BCUT2D eigenvalue weighted by Gasteiger charge is -2.34. The molecule has 2 N–H and O–H groups in total. The molecule has 0 aliphatic carbocycles. The molecule has 2 amide bonds. The van der Waals surface area contributed by atoms with Crippen LogP contribution in [0.1, 0.15) is 5.56 Å². The van der Waals surface area contributed by atoms with Crippen molar-refractivity contribution in [3.05, 3.63) is 66.5 Å². The molecular weight excluding hydrogens is 402 g/mol. The molecule has 0 spiro atoms. The number of likely N-dealkylation sites (N-methyl/N-ethyl adjacent to an activating group) is 1. The zero-order chi connectivity index (χ0) is 22.5. The SMILES string of the molecule is COc1ccc(NC(=O)Nc2ccc(-c3ccncc3)c(C)c2)cc1N1CCN(C)CC1. The smallest absolute Gasteiger partial charge is 0.323 e. The van der Waals surface area contributed by atoms with E-state index in [-0.39, 0.29) is 6.03 Å². The summed E-state index contributed by atoms with van der Waals surface area (Å²) < 4.78 is 5.55. The lowest BCUT2D eigenvalue weighted by molar-refractivity contribution is 0.262. The highest BCUT2D eigenvalue weighted by atomic mass is 16.5. The van der Waals surface area contributed by atoms with Crippen molar-refractivity contribution >= 4 is 23.1 Å². The van der Waals surface area contributed by atoms with Gasteiger partial charge in [0.1, 0.15) is 5.75 Å². The van der Waals surface area contributed by atoms with E-state index in [0.717, 1.165) is 65.7 Å². The van der Waals surface area contributed by atoms with Gasteiger partial charge in [0.25, 0.3) is 0 Å². The van der Waals surface area contributed by atoms with Crippen LogP contribution in [0.15, 0.2) is 60.9 Å². The molecule has 1 aliphatic rings. The van der Waals surface area contributed by atoms with Crippen LogP contribution in [-0.2, 0) is 0 Å². The van der Waals surface area contributed by atoms with E-state index in [1.807, 2.05) is 55.5 Å². The molecule has 7 nitrogen and oxygen atoms in total. The molecule has 4 rings (SSSR count). The number of hydrogen-bond donors (Lipinski definition) is 2. The maximum absolute atomic E-state index is 12.7. The van der Waals surface area contributed by atoms with Crippen LogP contribution in [0.25, 0.3) is 11.1 Å². The Morgan fingerprint density at radius 2 is 1.59 bits per heavy atom. The summed E-state index contributed by atoms with van der Waals surface area (Å²) in [4.78, 5) is 21.3. The van der Waals surface area contributed by atoms with Gasteiger partial charge in [0.2, 0.25) is 0 Å². The van der Waals surface area contributed by atoms with Gasteiger partial charge >= 0.3 is 6.03 Å². The monoisotopic (exact) mass is 431 g/mol. The number of aryl methyl sites for hydroxylation is 1. The maximum atomic E-state index is 12.7. The number of aromatic nitrogens is 1. The molecule has 1 aromatic heterocycles. The fraction of sp³-hybridized carbons (Fsp3) is 0.280. The first-order valence-corrected chi connectivity index (χ1v) is 10.7. The second-order valence-corrected chi connectivity index (χ2v) is 8.02. The number of amides is 2. The van der Waals surface area contributed by atoms with E-state index in [4.69, 9.17) is 4.74 Å². The van der Waals surface area contributed by atoms with Crippen LogP contribution >= 0.6 is 0 Å². The molecule has 0 bridgehead atoms. The second-order valence-electron chi connectivity index (χ2n) is 8.02. The molecule has 1 aliphatic heterocycles. The average molecular weight is 432 g/mol. The van der Waals surface area contributed by atoms with Gasteiger partial charge in [0.15, 0.2) is 0 Å². The van der Waals surface area contributed by atoms with Gasteiger partial charge in [-0.3, -0.25) is 4.98 Å². The summed E-state index contributed by atoms with van der Waals surface area (Å²) in [6.07, 6.45) is 3.55. The van der Waals surface area contributed by atoms with E-state index in [0.29, 0.717) is 0 Å². The Morgan fingerprint density at radius 3 is 2.25 bits per heavy atom. The molecule has 1 fully saturated rings. The summed E-state index contributed by atoms with van der Waals surface area (Å²) in [5.41, 5.74) is 5.76. The van der Waals surface area contributed by atoms with Crippen molar-refractivity contribution in [1.29, 1.82) is 0 Å². The normalized spacial score (nSPS) is 14.2. The Hall–Kier alpha value is -3.58. The number of methoxy groups -OCH3 is 1. The number of carbonyl (C=O) groups is 1. The van der Waals surface area contributed by atoms with E-state index in [2.05, 4.69) is 32.5 Å². The highest BCUT2D eigenvalue weighted by molar-refractivity contribution is 6.00. The topological polar surface area (TPSA) is 69.7 Å². The lowest BCUT2D eigenvalue weighted by Crippen LogP contribution is -2.44. The van der Waals surface area contributed by atoms with Crippen molar-refractivity contribution in [3.8, 4) is 16.9 Å². The molecular formula is C25H29N5O2. The maximum Gasteiger partial charge on any atom is 0.323 e. The molecule has 7 heteroatoms. The number of ether oxygens (including phenoxy) is 1. The van der Waals surface area contributed by atoms with Gasteiger partial charge in [0, 0.05) is 49.9 Å². The van der Waals surface area contributed by atoms with Crippen molar-refractivity contribution in [2.75, 3.05) is 55.9 Å². The molecule has 166 valence electrons. The third kappa shape index (κ3) is 5.00. The largest absolute Gasteiger partial charge is 0.495 e. The number of piperazine rings is 1. The number of urea groups is 1. The van der Waals surface area contributed by atoms with Crippen LogP contribution in [0.2, 0.25) is 0 Å². The molecule has 0 unspecified atom stereocenters. The van der Waals surface area contributed by atoms with Crippen molar-refractivity contribution in [1.82, 2.24) is 9.88 Å². The van der Waals surface area contributed by atoms with Crippen LogP contribution in [0.3, 0.4) is 0 Å². The van der Waals surface area contributed by atoms with Gasteiger partial charge < -0.3 is 25.2 Å². The fourth-order valence-electron chi connectivity index (χ4n) is 3.95. The minimum Gasteiger partial charge on any atom is -0.495 e. The Kier molecular flexibility index (Phi) is 6.56. The fourth-order valence-corrected chi connectivity index (χ4v) is 3.95. The molecule has 0 saturated carbocycles. The molecule has 1 saturated heterocycles. The minimum absolute atomic E-state index is 0.282. The summed E-state index contributed by atoms with van der Waals surface area (Å²) in [7, 11) is 3.80. The zero-order valence-electron chi connectivity index (χ0n) is 18.8. The number of carbonyl (C=O) groups excluding carboxylic acids is 1. The van der Waals surface area contributed by atoms with E-state index in [9.17, 15) is 4.79 Å². The first-order valence-electron chi connectivity index (χ1n) is 10.7. The van der Waals surface area contributed by atoms with Gasteiger partial charge in [-0.2, -0.15) is 0 Å². The van der Waals surface area contributed by atoms with Gasteiger partial charge in [-0.1, -0.05) is 6.07 Å². The quantitative estimate of drug-likeness (QED) is 0.624. The Balaban J connectivity index is 1.45. The van der Waals surface area contributed by atoms with Gasteiger partial charge in [-0.15, -0.1) is 0 Å². The molecule has 32 heavy (non-hydrogen) atoms. The Labute approximate surface area is 189 Å². The highest BCUT2D eigenvalue weighted by Gasteiger charge is 2.18. The van der Waals surface area contributed by atoms with E-state index >= 15 is 0 Å².